The standard InChI is InChI=1S/C20H32O4Si/c1-20(2,3)25(5,6)24-19(13-14-21)8-7-15-23-16-17-9-11-18(22-4)12-10-17/h7-12,14,19H,13,15-16H2,1-6H3/b8-7+/t19-/m0/s1. The van der Waals surface area contributed by atoms with E-state index in [0.717, 1.165) is 17.6 Å². The fraction of sp³-hybridized carbons (Fsp3) is 0.550. The van der Waals surface area contributed by atoms with Gasteiger partial charge in [0.1, 0.15) is 12.0 Å². The molecular formula is C20H32O4Si. The van der Waals surface area contributed by atoms with Crippen molar-refractivity contribution in [3.05, 3.63) is 42.0 Å². The Labute approximate surface area is 153 Å². The number of hydrogen-bond acceptors (Lipinski definition) is 4. The van der Waals surface area contributed by atoms with E-state index in [1.165, 1.54) is 0 Å². The zero-order chi connectivity index (χ0) is 18.9. The Morgan fingerprint density at radius 3 is 2.32 bits per heavy atom. The van der Waals surface area contributed by atoms with Crippen LogP contribution in [0.4, 0.5) is 0 Å². The minimum atomic E-state index is -1.90. The predicted octanol–water partition coefficient (Wildman–Crippen LogP) is 4.75. The fourth-order valence-corrected chi connectivity index (χ4v) is 3.28. The van der Waals surface area contributed by atoms with Crippen LogP contribution in [0, 0.1) is 0 Å². The summed E-state index contributed by atoms with van der Waals surface area (Å²) >= 11 is 0. The zero-order valence-electron chi connectivity index (χ0n) is 16.4. The SMILES string of the molecule is COc1ccc(COC/C=C/[C@@H](CC=O)O[Si](C)(C)C(C)(C)C)cc1. The minimum Gasteiger partial charge on any atom is -0.497 e. The largest absolute Gasteiger partial charge is 0.497 e. The minimum absolute atomic E-state index is 0.118. The normalized spacial score (nSPS) is 13.8. The number of aldehydes is 1. The molecule has 0 saturated heterocycles. The monoisotopic (exact) mass is 364 g/mol. The van der Waals surface area contributed by atoms with Crippen LogP contribution in [0.5, 0.6) is 5.75 Å². The lowest BCUT2D eigenvalue weighted by atomic mass is 10.2. The van der Waals surface area contributed by atoms with Gasteiger partial charge in [-0.3, -0.25) is 0 Å². The van der Waals surface area contributed by atoms with Gasteiger partial charge < -0.3 is 18.7 Å². The van der Waals surface area contributed by atoms with Crippen molar-refractivity contribution in [2.75, 3.05) is 13.7 Å². The molecule has 0 aromatic heterocycles. The summed E-state index contributed by atoms with van der Waals surface area (Å²) in [4.78, 5) is 10.9. The van der Waals surface area contributed by atoms with Gasteiger partial charge in [-0.05, 0) is 35.8 Å². The van der Waals surface area contributed by atoms with Crippen molar-refractivity contribution in [1.82, 2.24) is 0 Å². The van der Waals surface area contributed by atoms with Gasteiger partial charge in [0.25, 0.3) is 0 Å². The van der Waals surface area contributed by atoms with Gasteiger partial charge in [-0.1, -0.05) is 45.1 Å². The lowest BCUT2D eigenvalue weighted by Crippen LogP contribution is -2.43. The van der Waals surface area contributed by atoms with Crippen molar-refractivity contribution < 1.29 is 18.7 Å². The van der Waals surface area contributed by atoms with Crippen LogP contribution in [0.3, 0.4) is 0 Å². The molecular weight excluding hydrogens is 332 g/mol. The van der Waals surface area contributed by atoms with Crippen LogP contribution in [0.25, 0.3) is 0 Å². The van der Waals surface area contributed by atoms with E-state index in [2.05, 4.69) is 33.9 Å². The molecule has 1 rings (SSSR count). The molecule has 140 valence electrons. The second-order valence-corrected chi connectivity index (χ2v) is 12.4. The number of carbonyl (C=O) groups excluding carboxylic acids is 1. The van der Waals surface area contributed by atoms with Gasteiger partial charge in [0.2, 0.25) is 0 Å². The molecule has 0 unspecified atom stereocenters. The summed E-state index contributed by atoms with van der Waals surface area (Å²) in [6.45, 7) is 12.0. The van der Waals surface area contributed by atoms with Gasteiger partial charge in [-0.2, -0.15) is 0 Å². The molecule has 1 aromatic rings. The Bertz CT molecular complexity index is 544. The average Bonchev–Trinajstić information content (AvgIpc) is 2.54. The molecule has 0 aliphatic carbocycles. The van der Waals surface area contributed by atoms with E-state index in [-0.39, 0.29) is 11.1 Å². The van der Waals surface area contributed by atoms with Crippen LogP contribution < -0.4 is 4.74 Å². The van der Waals surface area contributed by atoms with Crippen molar-refractivity contribution in [3.63, 3.8) is 0 Å². The Hall–Kier alpha value is -1.43. The van der Waals surface area contributed by atoms with Gasteiger partial charge in [0.15, 0.2) is 8.32 Å². The molecule has 0 spiro atoms. The summed E-state index contributed by atoms with van der Waals surface area (Å²) in [5.74, 6) is 0.836. The number of methoxy groups -OCH3 is 1. The summed E-state index contributed by atoms with van der Waals surface area (Å²) in [5, 5.41) is 0.118. The predicted molar refractivity (Wildman–Crippen MR) is 105 cm³/mol. The van der Waals surface area contributed by atoms with Crippen LogP contribution in [-0.2, 0) is 20.6 Å². The van der Waals surface area contributed by atoms with E-state index in [1.807, 2.05) is 36.4 Å². The van der Waals surface area contributed by atoms with Crippen LogP contribution in [0.2, 0.25) is 18.1 Å². The Balaban J connectivity index is 2.48. The number of carbonyl (C=O) groups is 1. The molecule has 1 aromatic carbocycles. The number of hydrogen-bond donors (Lipinski definition) is 0. The molecule has 0 aliphatic heterocycles. The van der Waals surface area contributed by atoms with Crippen molar-refractivity contribution in [3.8, 4) is 5.75 Å². The molecule has 0 fully saturated rings. The Morgan fingerprint density at radius 2 is 1.80 bits per heavy atom. The van der Waals surface area contributed by atoms with Crippen LogP contribution in [0.15, 0.2) is 36.4 Å². The highest BCUT2D eigenvalue weighted by atomic mass is 28.4. The maximum atomic E-state index is 10.9. The fourth-order valence-electron chi connectivity index (χ4n) is 1.99. The quantitative estimate of drug-likeness (QED) is 0.260. The van der Waals surface area contributed by atoms with E-state index in [9.17, 15) is 4.79 Å². The van der Waals surface area contributed by atoms with E-state index in [4.69, 9.17) is 13.9 Å². The lowest BCUT2D eigenvalue weighted by molar-refractivity contribution is -0.108. The summed E-state index contributed by atoms with van der Waals surface area (Å²) in [5.41, 5.74) is 1.09. The van der Waals surface area contributed by atoms with Gasteiger partial charge in [0, 0.05) is 6.42 Å². The van der Waals surface area contributed by atoms with Crippen molar-refractivity contribution in [2.24, 2.45) is 0 Å². The van der Waals surface area contributed by atoms with Crippen molar-refractivity contribution in [2.45, 2.75) is 58.0 Å². The third-order valence-electron chi connectivity index (χ3n) is 4.57. The van der Waals surface area contributed by atoms with E-state index in [1.54, 1.807) is 7.11 Å². The summed E-state index contributed by atoms with van der Waals surface area (Å²) in [6, 6.07) is 7.81. The average molecular weight is 365 g/mol. The number of ether oxygens (including phenoxy) is 2. The zero-order valence-corrected chi connectivity index (χ0v) is 17.4. The van der Waals surface area contributed by atoms with Gasteiger partial charge >= 0.3 is 0 Å². The first kappa shape index (κ1) is 21.6. The third kappa shape index (κ3) is 7.55. The van der Waals surface area contributed by atoms with Crippen LogP contribution in [0.1, 0.15) is 32.8 Å². The second-order valence-electron chi connectivity index (χ2n) is 7.61. The summed E-state index contributed by atoms with van der Waals surface area (Å²) in [7, 11) is -0.248. The first-order chi connectivity index (χ1) is 11.7. The molecule has 5 heteroatoms. The van der Waals surface area contributed by atoms with E-state index in [0.29, 0.717) is 19.6 Å². The van der Waals surface area contributed by atoms with Crippen LogP contribution >= 0.6 is 0 Å². The summed E-state index contributed by atoms with van der Waals surface area (Å²) < 4.78 is 17.1. The van der Waals surface area contributed by atoms with Gasteiger partial charge in [0.05, 0.1) is 26.4 Å². The number of benzene rings is 1. The highest BCUT2D eigenvalue weighted by Crippen LogP contribution is 2.37. The molecule has 1 atom stereocenters. The van der Waals surface area contributed by atoms with Crippen molar-refractivity contribution >= 4 is 14.6 Å². The molecule has 0 radical (unpaired) electrons. The molecule has 0 bridgehead atoms. The first-order valence-corrected chi connectivity index (χ1v) is 11.6. The molecule has 0 N–H and O–H groups in total. The van der Waals surface area contributed by atoms with Crippen LogP contribution in [-0.4, -0.2) is 34.4 Å². The molecule has 4 nitrogen and oxygen atoms in total. The number of rotatable bonds is 10. The van der Waals surface area contributed by atoms with Gasteiger partial charge in [-0.15, -0.1) is 0 Å². The van der Waals surface area contributed by atoms with Crippen molar-refractivity contribution in [1.29, 1.82) is 0 Å². The van der Waals surface area contributed by atoms with E-state index >= 15 is 0 Å². The molecule has 25 heavy (non-hydrogen) atoms. The second kappa shape index (κ2) is 9.90. The highest BCUT2D eigenvalue weighted by molar-refractivity contribution is 6.74. The van der Waals surface area contributed by atoms with E-state index < -0.39 is 8.32 Å². The molecule has 0 amide bonds. The first-order valence-electron chi connectivity index (χ1n) is 8.68. The maximum absolute atomic E-state index is 10.9. The molecule has 0 heterocycles. The Kier molecular flexibility index (Phi) is 8.55. The maximum Gasteiger partial charge on any atom is 0.192 e. The topological polar surface area (TPSA) is 44.8 Å². The van der Waals surface area contributed by atoms with Gasteiger partial charge in [-0.25, -0.2) is 0 Å². The molecule has 0 aliphatic rings. The third-order valence-corrected chi connectivity index (χ3v) is 9.08. The Morgan fingerprint density at radius 1 is 1.16 bits per heavy atom. The molecule has 0 saturated carbocycles. The lowest BCUT2D eigenvalue weighted by Gasteiger charge is -2.38. The highest BCUT2D eigenvalue weighted by Gasteiger charge is 2.38. The summed E-state index contributed by atoms with van der Waals surface area (Å²) in [6.07, 6.45) is 5.00. The smallest absolute Gasteiger partial charge is 0.192 e.